The Balaban J connectivity index is 1.93. The van der Waals surface area contributed by atoms with Crippen LogP contribution in [0.2, 0.25) is 0 Å². The van der Waals surface area contributed by atoms with E-state index in [0.29, 0.717) is 22.3 Å². The number of nitrogens with one attached hydrogen (secondary N) is 1. The van der Waals surface area contributed by atoms with Crippen molar-refractivity contribution in [3.05, 3.63) is 65.0 Å². The van der Waals surface area contributed by atoms with E-state index in [9.17, 15) is 9.59 Å². The molecule has 1 amide bonds. The summed E-state index contributed by atoms with van der Waals surface area (Å²) in [6, 6.07) is 11.8. The highest BCUT2D eigenvalue weighted by molar-refractivity contribution is 6.09. The molecule has 3 rings (SSSR count). The molecule has 0 spiro atoms. The van der Waals surface area contributed by atoms with Crippen LogP contribution >= 0.6 is 0 Å². The van der Waals surface area contributed by atoms with Crippen LogP contribution in [0.4, 0.5) is 5.69 Å². The second kappa shape index (κ2) is 6.68. The van der Waals surface area contributed by atoms with Gasteiger partial charge < -0.3 is 10.1 Å². The summed E-state index contributed by atoms with van der Waals surface area (Å²) < 4.78 is 4.74. The molecule has 0 unspecified atom stereocenters. The molecule has 0 aliphatic rings. The minimum atomic E-state index is -0.508. The van der Waals surface area contributed by atoms with Gasteiger partial charge in [-0.3, -0.25) is 4.79 Å². The average molecular weight is 335 g/mol. The molecule has 6 nitrogen and oxygen atoms in total. The number of amides is 1. The summed E-state index contributed by atoms with van der Waals surface area (Å²) in [6.07, 6.45) is 0. The highest BCUT2D eigenvalue weighted by Crippen LogP contribution is 2.19. The van der Waals surface area contributed by atoms with Crippen molar-refractivity contribution < 1.29 is 14.3 Å². The molecule has 25 heavy (non-hydrogen) atoms. The number of hydrogen-bond donors (Lipinski definition) is 1. The van der Waals surface area contributed by atoms with E-state index in [2.05, 4.69) is 15.3 Å². The van der Waals surface area contributed by atoms with Crippen molar-refractivity contribution >= 4 is 28.6 Å². The third-order valence-corrected chi connectivity index (χ3v) is 3.92. The summed E-state index contributed by atoms with van der Waals surface area (Å²) in [5, 5.41) is 2.74. The van der Waals surface area contributed by atoms with Crippen molar-refractivity contribution in [1.82, 2.24) is 9.97 Å². The SMILES string of the molecule is COC(=O)c1ccccc1NC(=O)c1ccc2nc(C)c(C)nc2c1. The molecule has 1 aromatic heterocycles. The minimum absolute atomic E-state index is 0.297. The van der Waals surface area contributed by atoms with Crippen LogP contribution in [0.3, 0.4) is 0 Å². The van der Waals surface area contributed by atoms with E-state index < -0.39 is 5.97 Å². The average Bonchev–Trinajstić information content (AvgIpc) is 2.62. The summed E-state index contributed by atoms with van der Waals surface area (Å²) in [4.78, 5) is 33.3. The van der Waals surface area contributed by atoms with Gasteiger partial charge in [0.1, 0.15) is 0 Å². The van der Waals surface area contributed by atoms with Gasteiger partial charge in [-0.2, -0.15) is 0 Å². The third kappa shape index (κ3) is 3.33. The second-order valence-corrected chi connectivity index (χ2v) is 5.59. The van der Waals surface area contributed by atoms with E-state index in [4.69, 9.17) is 4.74 Å². The first-order valence-corrected chi connectivity index (χ1v) is 7.73. The van der Waals surface area contributed by atoms with Crippen LogP contribution < -0.4 is 5.32 Å². The molecule has 0 atom stereocenters. The van der Waals surface area contributed by atoms with Gasteiger partial charge in [0.2, 0.25) is 0 Å². The predicted molar refractivity (Wildman–Crippen MR) is 94.7 cm³/mol. The molecule has 1 heterocycles. The van der Waals surface area contributed by atoms with Crippen LogP contribution in [0.5, 0.6) is 0 Å². The Morgan fingerprint density at radius 3 is 2.36 bits per heavy atom. The Kier molecular flexibility index (Phi) is 4.43. The number of hydrogen-bond acceptors (Lipinski definition) is 5. The molecule has 6 heteroatoms. The maximum atomic E-state index is 12.6. The third-order valence-electron chi connectivity index (χ3n) is 3.92. The molecule has 2 aromatic carbocycles. The number of para-hydroxylation sites is 1. The maximum Gasteiger partial charge on any atom is 0.339 e. The Bertz CT molecular complexity index is 983. The topological polar surface area (TPSA) is 81.2 Å². The number of methoxy groups -OCH3 is 1. The van der Waals surface area contributed by atoms with Gasteiger partial charge in [-0.1, -0.05) is 12.1 Å². The van der Waals surface area contributed by atoms with Crippen LogP contribution in [0.25, 0.3) is 11.0 Å². The van der Waals surface area contributed by atoms with E-state index in [1.165, 1.54) is 7.11 Å². The first-order valence-electron chi connectivity index (χ1n) is 7.73. The number of benzene rings is 2. The number of ether oxygens (including phenoxy) is 1. The number of rotatable bonds is 3. The predicted octanol–water partition coefficient (Wildman–Crippen LogP) is 3.29. The van der Waals surface area contributed by atoms with Gasteiger partial charge in [0.25, 0.3) is 5.91 Å². The largest absolute Gasteiger partial charge is 0.465 e. The van der Waals surface area contributed by atoms with Crippen molar-refractivity contribution in [2.75, 3.05) is 12.4 Å². The second-order valence-electron chi connectivity index (χ2n) is 5.59. The van der Waals surface area contributed by atoms with E-state index in [1.54, 1.807) is 42.5 Å². The van der Waals surface area contributed by atoms with Crippen LogP contribution in [0.1, 0.15) is 32.1 Å². The molecule has 0 aliphatic heterocycles. The molecule has 0 saturated heterocycles. The van der Waals surface area contributed by atoms with Crippen molar-refractivity contribution in [3.63, 3.8) is 0 Å². The number of fused-ring (bicyclic) bond motifs is 1. The molecule has 0 bridgehead atoms. The molecule has 0 radical (unpaired) electrons. The number of esters is 1. The van der Waals surface area contributed by atoms with Gasteiger partial charge in [0, 0.05) is 5.56 Å². The van der Waals surface area contributed by atoms with Crippen LogP contribution in [-0.4, -0.2) is 29.0 Å². The standard InChI is InChI=1S/C19H17N3O3/c1-11-12(2)21-17-10-13(8-9-16(17)20-11)18(23)22-15-7-5-4-6-14(15)19(24)25-3/h4-10H,1-3H3,(H,22,23). The first kappa shape index (κ1) is 16.6. The zero-order chi connectivity index (χ0) is 18.0. The van der Waals surface area contributed by atoms with E-state index in [1.807, 2.05) is 13.8 Å². The van der Waals surface area contributed by atoms with E-state index in [-0.39, 0.29) is 5.91 Å². The van der Waals surface area contributed by atoms with Gasteiger partial charge in [-0.25, -0.2) is 14.8 Å². The fourth-order valence-corrected chi connectivity index (χ4v) is 2.45. The maximum absolute atomic E-state index is 12.6. The molecule has 126 valence electrons. The van der Waals surface area contributed by atoms with Gasteiger partial charge in [-0.15, -0.1) is 0 Å². The van der Waals surface area contributed by atoms with Crippen LogP contribution in [-0.2, 0) is 4.74 Å². The molecule has 3 aromatic rings. The monoisotopic (exact) mass is 335 g/mol. The summed E-state index contributed by atoms with van der Waals surface area (Å²) in [6.45, 7) is 3.77. The summed E-state index contributed by atoms with van der Waals surface area (Å²) in [7, 11) is 1.30. The van der Waals surface area contributed by atoms with Gasteiger partial charge in [-0.05, 0) is 44.2 Å². The summed E-state index contributed by atoms with van der Waals surface area (Å²) in [5.41, 5.74) is 4.19. The number of aryl methyl sites for hydroxylation is 2. The number of nitrogens with zero attached hydrogens (tertiary/aromatic N) is 2. The van der Waals surface area contributed by atoms with Crippen molar-refractivity contribution in [1.29, 1.82) is 0 Å². The summed E-state index contributed by atoms with van der Waals surface area (Å²) >= 11 is 0. The fourth-order valence-electron chi connectivity index (χ4n) is 2.45. The van der Waals surface area contributed by atoms with Crippen molar-refractivity contribution in [3.8, 4) is 0 Å². The molecular weight excluding hydrogens is 318 g/mol. The Hall–Kier alpha value is -3.28. The Morgan fingerprint density at radius 1 is 0.960 bits per heavy atom. The zero-order valence-corrected chi connectivity index (χ0v) is 14.2. The van der Waals surface area contributed by atoms with Crippen molar-refractivity contribution in [2.45, 2.75) is 13.8 Å². The van der Waals surface area contributed by atoms with Gasteiger partial charge in [0.15, 0.2) is 0 Å². The molecule has 1 N–H and O–H groups in total. The number of carbonyl (C=O) groups excluding carboxylic acids is 2. The fraction of sp³-hybridized carbons (Fsp3) is 0.158. The summed E-state index contributed by atoms with van der Waals surface area (Å²) in [5.74, 6) is -0.843. The Morgan fingerprint density at radius 2 is 1.64 bits per heavy atom. The number of aromatic nitrogens is 2. The Labute approximate surface area is 144 Å². The minimum Gasteiger partial charge on any atom is -0.465 e. The lowest BCUT2D eigenvalue weighted by Crippen LogP contribution is -2.15. The van der Waals surface area contributed by atoms with Crippen LogP contribution in [0.15, 0.2) is 42.5 Å². The normalized spacial score (nSPS) is 10.5. The molecular formula is C19H17N3O3. The zero-order valence-electron chi connectivity index (χ0n) is 14.2. The lowest BCUT2D eigenvalue weighted by molar-refractivity contribution is 0.0602. The highest BCUT2D eigenvalue weighted by atomic mass is 16.5. The lowest BCUT2D eigenvalue weighted by Gasteiger charge is -2.10. The van der Waals surface area contributed by atoms with Crippen molar-refractivity contribution in [2.24, 2.45) is 0 Å². The number of anilines is 1. The molecule has 0 fully saturated rings. The van der Waals surface area contributed by atoms with E-state index >= 15 is 0 Å². The van der Waals surface area contributed by atoms with Gasteiger partial charge >= 0.3 is 5.97 Å². The quantitative estimate of drug-likeness (QED) is 0.743. The molecule has 0 aliphatic carbocycles. The van der Waals surface area contributed by atoms with Gasteiger partial charge in [0.05, 0.1) is 40.8 Å². The smallest absolute Gasteiger partial charge is 0.339 e. The first-order chi connectivity index (χ1) is 12.0. The number of carbonyl (C=O) groups is 2. The van der Waals surface area contributed by atoms with E-state index in [0.717, 1.165) is 16.9 Å². The highest BCUT2D eigenvalue weighted by Gasteiger charge is 2.15. The molecule has 0 saturated carbocycles. The lowest BCUT2D eigenvalue weighted by atomic mass is 10.1. The van der Waals surface area contributed by atoms with Crippen LogP contribution in [0, 0.1) is 13.8 Å².